The van der Waals surface area contributed by atoms with Crippen molar-refractivity contribution in [3.63, 3.8) is 0 Å². The van der Waals surface area contributed by atoms with Crippen LogP contribution in [0.1, 0.15) is 13.8 Å². The fourth-order valence-electron chi connectivity index (χ4n) is 0. The molecule has 0 spiro atoms. The van der Waals surface area contributed by atoms with Crippen LogP contribution >= 0.6 is 0 Å². The molecule has 4 N–H and O–H groups in total. The van der Waals surface area contributed by atoms with E-state index in [0.29, 0.717) is 0 Å². The Labute approximate surface area is 93.4 Å². The average Bonchev–Trinajstić information content (AvgIpc) is 1.88. The number of aliphatic hydroxyl groups is 2. The molecular weight excluding hydrogens is 249 g/mol. The Balaban J connectivity index is -0.0000000625. The van der Waals surface area contributed by atoms with Gasteiger partial charge in [0.1, 0.15) is 0 Å². The molecule has 0 aromatic carbocycles. The fraction of sp³-hybridized carbons (Fsp3) is 0.667. The summed E-state index contributed by atoms with van der Waals surface area (Å²) in [6.07, 6.45) is -2.69. The van der Waals surface area contributed by atoms with Crippen LogP contribution in [0.5, 0.6) is 0 Å². The van der Waals surface area contributed by atoms with Crippen molar-refractivity contribution < 1.29 is 55.0 Å². The van der Waals surface area contributed by atoms with E-state index in [1.165, 1.54) is 0 Å². The van der Waals surface area contributed by atoms with Crippen LogP contribution in [0.25, 0.3) is 0 Å². The van der Waals surface area contributed by atoms with Gasteiger partial charge in [-0.3, -0.25) is 0 Å². The summed E-state index contributed by atoms with van der Waals surface area (Å²) in [6.45, 7) is 2.27. The number of rotatable bonds is 2. The van der Waals surface area contributed by atoms with Gasteiger partial charge in [-0.2, -0.15) is 0 Å². The minimum Gasteiger partial charge on any atom is -0.547 e. The van der Waals surface area contributed by atoms with Gasteiger partial charge in [0.2, 0.25) is 0 Å². The van der Waals surface area contributed by atoms with E-state index in [1.54, 1.807) is 0 Å². The molecule has 8 heteroatoms. The van der Waals surface area contributed by atoms with Crippen molar-refractivity contribution in [1.82, 2.24) is 0 Å². The maximum absolute atomic E-state index is 9.34. The SMILES string of the molecule is CC(O)C(=O)[O-].CC(O)C(=O)[O-].O.[Zn+2]. The minimum atomic E-state index is -1.44. The third-order valence-electron chi connectivity index (χ3n) is 0.682. The fourth-order valence-corrected chi connectivity index (χ4v) is 0. The monoisotopic (exact) mass is 260 g/mol. The topological polar surface area (TPSA) is 152 Å². The second kappa shape index (κ2) is 12.4. The second-order valence-corrected chi connectivity index (χ2v) is 1.99. The number of hydrogen-bond acceptors (Lipinski definition) is 6. The van der Waals surface area contributed by atoms with E-state index in [9.17, 15) is 19.8 Å². The standard InChI is InChI=1S/2C3H6O3.H2O.Zn/c2*1-2(4)3(5)6;;/h2*2,4H,1H3,(H,5,6);1H2;/q;;;+2/p-2. The van der Waals surface area contributed by atoms with Crippen molar-refractivity contribution in [3.05, 3.63) is 0 Å². The number of carbonyl (C=O) groups is 2. The first kappa shape index (κ1) is 23.3. The van der Waals surface area contributed by atoms with Crippen molar-refractivity contribution >= 4 is 11.9 Å². The molecule has 7 nitrogen and oxygen atoms in total. The van der Waals surface area contributed by atoms with Crippen molar-refractivity contribution in [3.8, 4) is 0 Å². The molecule has 0 radical (unpaired) electrons. The van der Waals surface area contributed by atoms with Gasteiger partial charge in [0.15, 0.2) is 0 Å². The molecule has 2 unspecified atom stereocenters. The Kier molecular flexibility index (Phi) is 20.7. The number of aliphatic carboxylic acids is 2. The Bertz CT molecular complexity index is 138. The predicted molar refractivity (Wildman–Crippen MR) is 37.0 cm³/mol. The zero-order valence-electron chi connectivity index (χ0n) is 7.89. The normalized spacial score (nSPS) is 11.7. The van der Waals surface area contributed by atoms with Crippen LogP contribution in [-0.2, 0) is 29.1 Å². The van der Waals surface area contributed by atoms with E-state index < -0.39 is 24.1 Å². The summed E-state index contributed by atoms with van der Waals surface area (Å²) in [4.78, 5) is 18.7. The molecule has 80 valence electrons. The first-order chi connectivity index (χ1) is 5.29. The van der Waals surface area contributed by atoms with E-state index in [0.717, 1.165) is 13.8 Å². The maximum Gasteiger partial charge on any atom is 2.00 e. The minimum absolute atomic E-state index is 0. The summed E-state index contributed by atoms with van der Waals surface area (Å²) in [5, 5.41) is 34.6. The number of hydrogen-bond donors (Lipinski definition) is 2. The van der Waals surface area contributed by atoms with E-state index >= 15 is 0 Å². The van der Waals surface area contributed by atoms with Crippen LogP contribution < -0.4 is 10.2 Å². The van der Waals surface area contributed by atoms with Crippen molar-refractivity contribution in [2.75, 3.05) is 0 Å². The van der Waals surface area contributed by atoms with Gasteiger partial charge < -0.3 is 35.5 Å². The summed E-state index contributed by atoms with van der Waals surface area (Å²) in [5.41, 5.74) is 0. The molecule has 0 saturated carbocycles. The second-order valence-electron chi connectivity index (χ2n) is 1.99. The van der Waals surface area contributed by atoms with E-state index in [2.05, 4.69) is 0 Å². The molecule has 0 amide bonds. The predicted octanol–water partition coefficient (Wildman–Crippen LogP) is -4.59. The summed E-state index contributed by atoms with van der Waals surface area (Å²) < 4.78 is 0. The first-order valence-corrected chi connectivity index (χ1v) is 3.06. The van der Waals surface area contributed by atoms with E-state index in [4.69, 9.17) is 10.2 Å². The molecule has 0 bridgehead atoms. The zero-order valence-corrected chi connectivity index (χ0v) is 10.9. The average molecular weight is 262 g/mol. The Morgan fingerprint density at radius 2 is 1.07 bits per heavy atom. The Morgan fingerprint density at radius 1 is 1.00 bits per heavy atom. The van der Waals surface area contributed by atoms with Gasteiger partial charge in [0.05, 0.1) is 24.1 Å². The Morgan fingerprint density at radius 3 is 1.07 bits per heavy atom. The Hall–Kier alpha value is -0.557. The van der Waals surface area contributed by atoms with Gasteiger partial charge in [-0.25, -0.2) is 0 Å². The van der Waals surface area contributed by atoms with Crippen molar-refractivity contribution in [1.29, 1.82) is 0 Å². The first-order valence-electron chi connectivity index (χ1n) is 3.06. The van der Waals surface area contributed by atoms with Crippen LogP contribution in [0.3, 0.4) is 0 Å². The van der Waals surface area contributed by atoms with Crippen LogP contribution in [0.4, 0.5) is 0 Å². The molecule has 0 aliphatic heterocycles. The maximum atomic E-state index is 9.34. The third kappa shape index (κ3) is 22.5. The van der Waals surface area contributed by atoms with Crippen LogP contribution in [0.2, 0.25) is 0 Å². The summed E-state index contributed by atoms with van der Waals surface area (Å²) >= 11 is 0. The third-order valence-corrected chi connectivity index (χ3v) is 0.682. The van der Waals surface area contributed by atoms with Gasteiger partial charge in [-0.1, -0.05) is 0 Å². The number of carbonyl (C=O) groups excluding carboxylic acids is 2. The van der Waals surface area contributed by atoms with E-state index in [-0.39, 0.29) is 25.0 Å². The summed E-state index contributed by atoms with van der Waals surface area (Å²) in [6, 6.07) is 0. The molecule has 2 atom stereocenters. The summed E-state index contributed by atoms with van der Waals surface area (Å²) in [5.74, 6) is -2.87. The van der Waals surface area contributed by atoms with Gasteiger partial charge in [0.25, 0.3) is 0 Å². The van der Waals surface area contributed by atoms with Crippen LogP contribution in [-0.4, -0.2) is 39.8 Å². The molecule has 0 aromatic heterocycles. The zero-order chi connectivity index (χ0) is 10.3. The largest absolute Gasteiger partial charge is 2.00 e. The number of carboxylic acids is 2. The molecule has 0 heterocycles. The van der Waals surface area contributed by atoms with Crippen LogP contribution in [0, 0.1) is 0 Å². The van der Waals surface area contributed by atoms with Gasteiger partial charge in [-0.15, -0.1) is 0 Å². The molecule has 0 aliphatic rings. The summed E-state index contributed by atoms with van der Waals surface area (Å²) in [7, 11) is 0. The quantitative estimate of drug-likeness (QED) is 0.477. The molecule has 0 saturated heterocycles. The van der Waals surface area contributed by atoms with Gasteiger partial charge >= 0.3 is 19.5 Å². The smallest absolute Gasteiger partial charge is 0.547 e. The van der Waals surface area contributed by atoms with E-state index in [1.807, 2.05) is 0 Å². The molecule has 0 aliphatic carbocycles. The number of aliphatic hydroxyl groups excluding tert-OH is 2. The molecule has 0 fully saturated rings. The van der Waals surface area contributed by atoms with Crippen LogP contribution in [0.15, 0.2) is 0 Å². The molecule has 0 aromatic rings. The molecule has 0 rings (SSSR count). The van der Waals surface area contributed by atoms with Gasteiger partial charge in [0, 0.05) is 0 Å². The number of carboxylic acid groups (broad SMARTS) is 2. The van der Waals surface area contributed by atoms with Gasteiger partial charge in [-0.05, 0) is 13.8 Å². The molecular formula is C6H12O7Zn. The molecule has 14 heavy (non-hydrogen) atoms. The van der Waals surface area contributed by atoms with Crippen molar-refractivity contribution in [2.45, 2.75) is 26.1 Å². The van der Waals surface area contributed by atoms with Crippen molar-refractivity contribution in [2.24, 2.45) is 0 Å².